The van der Waals surface area contributed by atoms with E-state index in [0.717, 1.165) is 25.4 Å². The lowest BCUT2D eigenvalue weighted by atomic mass is 10.1. The van der Waals surface area contributed by atoms with Crippen molar-refractivity contribution in [1.82, 2.24) is 10.2 Å². The van der Waals surface area contributed by atoms with Gasteiger partial charge in [-0.15, -0.1) is 0 Å². The Morgan fingerprint density at radius 3 is 2.53 bits per heavy atom. The van der Waals surface area contributed by atoms with E-state index in [2.05, 4.69) is 57.8 Å². The summed E-state index contributed by atoms with van der Waals surface area (Å²) in [4.78, 5) is 2.44. The maximum absolute atomic E-state index is 5.68. The Morgan fingerprint density at radius 1 is 1.32 bits per heavy atom. The van der Waals surface area contributed by atoms with Crippen LogP contribution in [-0.2, 0) is 13.1 Å². The lowest BCUT2D eigenvalue weighted by molar-refractivity contribution is 0.190. The Morgan fingerprint density at radius 2 is 2.00 bits per heavy atom. The van der Waals surface area contributed by atoms with Gasteiger partial charge in [0, 0.05) is 23.7 Å². The fourth-order valence-electron chi connectivity index (χ4n) is 2.01. The number of furan rings is 1. The van der Waals surface area contributed by atoms with E-state index in [1.807, 2.05) is 6.26 Å². The van der Waals surface area contributed by atoms with Gasteiger partial charge in [0.05, 0.1) is 12.8 Å². The zero-order valence-electron chi connectivity index (χ0n) is 13.4. The highest BCUT2D eigenvalue weighted by Gasteiger charge is 2.14. The maximum atomic E-state index is 5.68. The van der Waals surface area contributed by atoms with Crippen molar-refractivity contribution in [3.63, 3.8) is 0 Å². The predicted molar refractivity (Wildman–Crippen MR) is 81.1 cm³/mol. The molecule has 19 heavy (non-hydrogen) atoms. The van der Waals surface area contributed by atoms with Crippen molar-refractivity contribution in [3.8, 4) is 0 Å². The van der Waals surface area contributed by atoms with Gasteiger partial charge in [-0.3, -0.25) is 4.90 Å². The molecule has 110 valence electrons. The van der Waals surface area contributed by atoms with Crippen molar-refractivity contribution in [3.05, 3.63) is 23.7 Å². The third kappa shape index (κ3) is 5.79. The van der Waals surface area contributed by atoms with E-state index in [-0.39, 0.29) is 5.54 Å². The molecule has 3 nitrogen and oxygen atoms in total. The number of nitrogens with one attached hydrogen (secondary N) is 1. The molecule has 0 spiro atoms. The molecule has 0 aliphatic carbocycles. The Bertz CT molecular complexity index is 365. The standard InChI is InChI=1S/C16H30N2O/c1-7-13(3)18(8-2)11-15-9-14(12-19-15)10-17-16(4,5)6/h9,12-13,17H,7-8,10-11H2,1-6H3. The van der Waals surface area contributed by atoms with Crippen molar-refractivity contribution in [2.24, 2.45) is 0 Å². The van der Waals surface area contributed by atoms with Gasteiger partial charge in [0.2, 0.25) is 0 Å². The first-order valence-electron chi connectivity index (χ1n) is 7.41. The first kappa shape index (κ1) is 16.3. The van der Waals surface area contributed by atoms with Crippen molar-refractivity contribution >= 4 is 0 Å². The van der Waals surface area contributed by atoms with E-state index in [1.54, 1.807) is 0 Å². The van der Waals surface area contributed by atoms with Crippen LogP contribution in [0.25, 0.3) is 0 Å². The molecular weight excluding hydrogens is 236 g/mol. The van der Waals surface area contributed by atoms with E-state index >= 15 is 0 Å². The second kappa shape index (κ2) is 7.11. The zero-order chi connectivity index (χ0) is 14.5. The number of nitrogens with zero attached hydrogens (tertiary/aromatic N) is 1. The summed E-state index contributed by atoms with van der Waals surface area (Å²) in [5, 5.41) is 3.48. The van der Waals surface area contributed by atoms with Crippen LogP contribution in [0.4, 0.5) is 0 Å². The summed E-state index contributed by atoms with van der Waals surface area (Å²) in [5.74, 6) is 1.06. The minimum Gasteiger partial charge on any atom is -0.468 e. The quantitative estimate of drug-likeness (QED) is 0.814. The van der Waals surface area contributed by atoms with Crippen molar-refractivity contribution in [2.75, 3.05) is 6.54 Å². The van der Waals surface area contributed by atoms with Crippen LogP contribution in [0.5, 0.6) is 0 Å². The summed E-state index contributed by atoms with van der Waals surface area (Å²) in [7, 11) is 0. The molecule has 0 saturated heterocycles. The fraction of sp³-hybridized carbons (Fsp3) is 0.750. The summed E-state index contributed by atoms with van der Waals surface area (Å²) in [6, 6.07) is 2.77. The van der Waals surface area contributed by atoms with Crippen LogP contribution in [0.1, 0.15) is 59.3 Å². The Kier molecular flexibility index (Phi) is 6.08. The Balaban J connectivity index is 2.54. The van der Waals surface area contributed by atoms with Crippen LogP contribution in [0.2, 0.25) is 0 Å². The van der Waals surface area contributed by atoms with Crippen LogP contribution in [-0.4, -0.2) is 23.0 Å². The molecule has 0 saturated carbocycles. The smallest absolute Gasteiger partial charge is 0.118 e. The van der Waals surface area contributed by atoms with E-state index in [9.17, 15) is 0 Å². The molecular formula is C16H30N2O. The first-order chi connectivity index (χ1) is 8.85. The molecule has 0 aromatic carbocycles. The largest absolute Gasteiger partial charge is 0.468 e. The molecule has 0 bridgehead atoms. The van der Waals surface area contributed by atoms with Crippen molar-refractivity contribution in [1.29, 1.82) is 0 Å². The van der Waals surface area contributed by atoms with Gasteiger partial charge < -0.3 is 9.73 Å². The highest BCUT2D eigenvalue weighted by atomic mass is 16.3. The number of hydrogen-bond acceptors (Lipinski definition) is 3. The summed E-state index contributed by atoms with van der Waals surface area (Å²) >= 11 is 0. The molecule has 1 heterocycles. The van der Waals surface area contributed by atoms with Gasteiger partial charge >= 0.3 is 0 Å². The number of rotatable bonds is 7. The highest BCUT2D eigenvalue weighted by Crippen LogP contribution is 2.14. The number of hydrogen-bond donors (Lipinski definition) is 1. The predicted octanol–water partition coefficient (Wildman–Crippen LogP) is 3.79. The molecule has 3 heteroatoms. The second-order valence-electron chi connectivity index (χ2n) is 6.35. The van der Waals surface area contributed by atoms with Crippen LogP contribution in [0, 0.1) is 0 Å². The topological polar surface area (TPSA) is 28.4 Å². The van der Waals surface area contributed by atoms with Crippen LogP contribution in [0.15, 0.2) is 16.7 Å². The van der Waals surface area contributed by atoms with Gasteiger partial charge in [0.1, 0.15) is 5.76 Å². The molecule has 0 fully saturated rings. The molecule has 0 radical (unpaired) electrons. The highest BCUT2D eigenvalue weighted by molar-refractivity contribution is 5.13. The van der Waals surface area contributed by atoms with Gasteiger partial charge in [-0.05, 0) is 46.7 Å². The van der Waals surface area contributed by atoms with Crippen LogP contribution >= 0.6 is 0 Å². The van der Waals surface area contributed by atoms with E-state index in [4.69, 9.17) is 4.42 Å². The van der Waals surface area contributed by atoms with E-state index in [1.165, 1.54) is 12.0 Å². The van der Waals surface area contributed by atoms with Gasteiger partial charge in [-0.1, -0.05) is 13.8 Å². The third-order valence-electron chi connectivity index (χ3n) is 3.51. The van der Waals surface area contributed by atoms with E-state index < -0.39 is 0 Å². The molecule has 1 rings (SSSR count). The molecule has 0 aliphatic heterocycles. The molecule has 1 N–H and O–H groups in total. The summed E-state index contributed by atoms with van der Waals surface area (Å²) < 4.78 is 5.68. The fourth-order valence-corrected chi connectivity index (χ4v) is 2.01. The normalized spacial score (nSPS) is 14.1. The zero-order valence-corrected chi connectivity index (χ0v) is 13.4. The van der Waals surface area contributed by atoms with E-state index in [0.29, 0.717) is 6.04 Å². The van der Waals surface area contributed by atoms with Gasteiger partial charge in [0.25, 0.3) is 0 Å². The monoisotopic (exact) mass is 266 g/mol. The van der Waals surface area contributed by atoms with Crippen LogP contribution < -0.4 is 5.32 Å². The minimum absolute atomic E-state index is 0.142. The molecule has 0 aliphatic rings. The lowest BCUT2D eigenvalue weighted by Crippen LogP contribution is -2.34. The maximum Gasteiger partial charge on any atom is 0.118 e. The Labute approximate surface area is 118 Å². The first-order valence-corrected chi connectivity index (χ1v) is 7.41. The van der Waals surface area contributed by atoms with Crippen LogP contribution in [0.3, 0.4) is 0 Å². The summed E-state index contributed by atoms with van der Waals surface area (Å²) in [6.45, 7) is 16.1. The molecule has 1 unspecified atom stereocenters. The van der Waals surface area contributed by atoms with Gasteiger partial charge in [-0.25, -0.2) is 0 Å². The Hall–Kier alpha value is -0.800. The second-order valence-corrected chi connectivity index (χ2v) is 6.35. The van der Waals surface area contributed by atoms with Gasteiger partial charge in [0.15, 0.2) is 0 Å². The van der Waals surface area contributed by atoms with Crippen molar-refractivity contribution < 1.29 is 4.42 Å². The average molecular weight is 266 g/mol. The molecule has 0 amide bonds. The molecule has 1 aromatic rings. The van der Waals surface area contributed by atoms with Crippen molar-refractivity contribution in [2.45, 2.75) is 72.6 Å². The molecule has 1 aromatic heterocycles. The van der Waals surface area contributed by atoms with Gasteiger partial charge in [-0.2, -0.15) is 0 Å². The third-order valence-corrected chi connectivity index (χ3v) is 3.51. The lowest BCUT2D eigenvalue weighted by Gasteiger charge is -2.25. The average Bonchev–Trinajstić information content (AvgIpc) is 2.79. The molecule has 1 atom stereocenters. The summed E-state index contributed by atoms with van der Waals surface area (Å²) in [6.07, 6.45) is 3.05. The SMILES string of the molecule is CCC(C)N(CC)Cc1cc(CNC(C)(C)C)co1. The summed E-state index contributed by atoms with van der Waals surface area (Å²) in [5.41, 5.74) is 1.37. The minimum atomic E-state index is 0.142.